The Labute approximate surface area is 112 Å². The van der Waals surface area contributed by atoms with E-state index in [1.807, 2.05) is 6.07 Å². The van der Waals surface area contributed by atoms with Crippen LogP contribution in [0.1, 0.15) is 19.0 Å². The van der Waals surface area contributed by atoms with Gasteiger partial charge in [0, 0.05) is 20.2 Å². The lowest BCUT2D eigenvalue weighted by Crippen LogP contribution is -2.44. The molecule has 1 aliphatic rings. The summed E-state index contributed by atoms with van der Waals surface area (Å²) in [5, 5.41) is 11.5. The lowest BCUT2D eigenvalue weighted by Gasteiger charge is -2.37. The van der Waals surface area contributed by atoms with Crippen molar-refractivity contribution in [2.45, 2.75) is 19.4 Å². The fourth-order valence-electron chi connectivity index (χ4n) is 2.35. The first-order valence-corrected chi connectivity index (χ1v) is 6.37. The van der Waals surface area contributed by atoms with Crippen LogP contribution in [-0.4, -0.2) is 42.3 Å². The summed E-state index contributed by atoms with van der Waals surface area (Å²) >= 11 is 0. The van der Waals surface area contributed by atoms with Gasteiger partial charge in [0.1, 0.15) is 5.69 Å². The maximum Gasteiger partial charge on any atom is 0.188 e. The highest BCUT2D eigenvalue weighted by molar-refractivity contribution is 5.95. The van der Waals surface area contributed by atoms with E-state index in [4.69, 9.17) is 15.7 Å². The van der Waals surface area contributed by atoms with Crippen molar-refractivity contribution in [1.82, 2.24) is 4.98 Å². The molecule has 3 N–H and O–H groups in total. The van der Waals surface area contributed by atoms with Crippen molar-refractivity contribution in [2.24, 2.45) is 16.8 Å². The number of piperidine rings is 1. The van der Waals surface area contributed by atoms with E-state index < -0.39 is 0 Å². The highest BCUT2D eigenvalue weighted by atomic mass is 16.5. The number of methoxy groups -OCH3 is 1. The minimum absolute atomic E-state index is 0.0218. The van der Waals surface area contributed by atoms with Crippen LogP contribution in [0.3, 0.4) is 0 Å². The van der Waals surface area contributed by atoms with Gasteiger partial charge in [-0.25, -0.2) is 0 Å². The van der Waals surface area contributed by atoms with Gasteiger partial charge in [0.05, 0.1) is 18.0 Å². The standard InChI is InChI=1S/C13H20N4O2/c1-9-5-6-17(8-12(9)19-2)10-3-4-11(15-7-10)13(14)16-18/h3-4,7,9,12,18H,5-6,8H2,1-2H3,(H2,14,16). The van der Waals surface area contributed by atoms with E-state index in [2.05, 4.69) is 22.0 Å². The van der Waals surface area contributed by atoms with Crippen molar-refractivity contribution in [3.63, 3.8) is 0 Å². The monoisotopic (exact) mass is 264 g/mol. The first kappa shape index (κ1) is 13.6. The van der Waals surface area contributed by atoms with Crippen molar-refractivity contribution in [1.29, 1.82) is 0 Å². The third-order valence-corrected chi connectivity index (χ3v) is 3.68. The van der Waals surface area contributed by atoms with Crippen LogP contribution in [-0.2, 0) is 4.74 Å². The molecule has 104 valence electrons. The van der Waals surface area contributed by atoms with E-state index in [0.29, 0.717) is 11.6 Å². The van der Waals surface area contributed by atoms with Crippen LogP contribution >= 0.6 is 0 Å². The van der Waals surface area contributed by atoms with Gasteiger partial charge in [0.15, 0.2) is 5.84 Å². The summed E-state index contributed by atoms with van der Waals surface area (Å²) in [6.45, 7) is 4.07. The molecule has 1 aliphatic heterocycles. The number of oxime groups is 1. The number of pyridine rings is 1. The summed E-state index contributed by atoms with van der Waals surface area (Å²) in [7, 11) is 1.75. The van der Waals surface area contributed by atoms with E-state index in [0.717, 1.165) is 25.2 Å². The van der Waals surface area contributed by atoms with Gasteiger partial charge < -0.3 is 20.6 Å². The number of nitrogens with two attached hydrogens (primary N) is 1. The van der Waals surface area contributed by atoms with Gasteiger partial charge >= 0.3 is 0 Å². The Morgan fingerprint density at radius 2 is 2.37 bits per heavy atom. The Balaban J connectivity index is 2.10. The minimum Gasteiger partial charge on any atom is -0.409 e. The molecule has 0 amide bonds. The summed E-state index contributed by atoms with van der Waals surface area (Å²) in [5.41, 5.74) is 6.99. The molecule has 0 spiro atoms. The fraction of sp³-hybridized carbons (Fsp3) is 0.538. The predicted octanol–water partition coefficient (Wildman–Crippen LogP) is 1.04. The smallest absolute Gasteiger partial charge is 0.188 e. The Bertz CT molecular complexity index is 446. The zero-order valence-electron chi connectivity index (χ0n) is 11.3. The van der Waals surface area contributed by atoms with Crippen LogP contribution in [0.5, 0.6) is 0 Å². The van der Waals surface area contributed by atoms with E-state index in [9.17, 15) is 0 Å². The van der Waals surface area contributed by atoms with Gasteiger partial charge in [-0.3, -0.25) is 4.98 Å². The van der Waals surface area contributed by atoms with Crippen LogP contribution < -0.4 is 10.6 Å². The molecule has 2 atom stereocenters. The van der Waals surface area contributed by atoms with Gasteiger partial charge in [0.2, 0.25) is 0 Å². The minimum atomic E-state index is 0.0218. The Morgan fingerprint density at radius 3 is 2.95 bits per heavy atom. The molecule has 19 heavy (non-hydrogen) atoms. The molecule has 1 aromatic rings. The summed E-state index contributed by atoms with van der Waals surface area (Å²) in [4.78, 5) is 6.44. The summed E-state index contributed by atoms with van der Waals surface area (Å²) in [5.74, 6) is 0.597. The molecule has 2 heterocycles. The maximum absolute atomic E-state index is 8.60. The molecule has 1 saturated heterocycles. The van der Waals surface area contributed by atoms with Crippen LogP contribution in [0.25, 0.3) is 0 Å². The number of aromatic nitrogens is 1. The first-order valence-electron chi connectivity index (χ1n) is 6.37. The number of anilines is 1. The second-order valence-electron chi connectivity index (χ2n) is 4.87. The van der Waals surface area contributed by atoms with Crippen LogP contribution in [0.15, 0.2) is 23.5 Å². The summed E-state index contributed by atoms with van der Waals surface area (Å²) < 4.78 is 5.50. The van der Waals surface area contributed by atoms with Crippen LogP contribution in [0, 0.1) is 5.92 Å². The molecule has 6 nitrogen and oxygen atoms in total. The van der Waals surface area contributed by atoms with Crippen molar-refractivity contribution in [3.8, 4) is 0 Å². The van der Waals surface area contributed by atoms with E-state index in [1.165, 1.54) is 0 Å². The SMILES string of the molecule is COC1CN(c2ccc(/C(N)=N/O)nc2)CCC1C. The molecule has 1 fully saturated rings. The van der Waals surface area contributed by atoms with Crippen molar-refractivity contribution < 1.29 is 9.94 Å². The molecule has 0 aliphatic carbocycles. The molecule has 2 rings (SSSR count). The molecular formula is C13H20N4O2. The first-order chi connectivity index (χ1) is 9.15. The van der Waals surface area contributed by atoms with Crippen molar-refractivity contribution in [2.75, 3.05) is 25.1 Å². The molecule has 0 saturated carbocycles. The molecule has 2 unspecified atom stereocenters. The topological polar surface area (TPSA) is 84.0 Å². The van der Waals surface area contributed by atoms with Crippen molar-refractivity contribution >= 4 is 11.5 Å². The maximum atomic E-state index is 8.60. The summed E-state index contributed by atoms with van der Waals surface area (Å²) in [6, 6.07) is 3.69. The Hall–Kier alpha value is -1.82. The highest BCUT2D eigenvalue weighted by Gasteiger charge is 2.26. The van der Waals surface area contributed by atoms with E-state index >= 15 is 0 Å². The largest absolute Gasteiger partial charge is 0.409 e. The van der Waals surface area contributed by atoms with Gasteiger partial charge in [-0.05, 0) is 24.5 Å². The third kappa shape index (κ3) is 2.96. The molecule has 0 aromatic carbocycles. The lowest BCUT2D eigenvalue weighted by atomic mass is 9.95. The number of amidine groups is 1. The third-order valence-electron chi connectivity index (χ3n) is 3.68. The van der Waals surface area contributed by atoms with Gasteiger partial charge in [-0.15, -0.1) is 0 Å². The average molecular weight is 264 g/mol. The van der Waals surface area contributed by atoms with Crippen molar-refractivity contribution in [3.05, 3.63) is 24.0 Å². The number of hydrogen-bond donors (Lipinski definition) is 2. The van der Waals surface area contributed by atoms with Gasteiger partial charge in [-0.2, -0.15) is 0 Å². The van der Waals surface area contributed by atoms with E-state index in [-0.39, 0.29) is 11.9 Å². The molecular weight excluding hydrogens is 244 g/mol. The Kier molecular flexibility index (Phi) is 4.21. The summed E-state index contributed by atoms with van der Waals surface area (Å²) in [6.07, 6.45) is 3.09. The molecule has 6 heteroatoms. The second-order valence-corrected chi connectivity index (χ2v) is 4.87. The Morgan fingerprint density at radius 1 is 1.58 bits per heavy atom. The average Bonchev–Trinajstić information content (AvgIpc) is 2.47. The van der Waals surface area contributed by atoms with Crippen LogP contribution in [0.4, 0.5) is 5.69 Å². The quantitative estimate of drug-likeness (QED) is 0.369. The molecule has 0 bridgehead atoms. The zero-order valence-corrected chi connectivity index (χ0v) is 11.3. The fourth-order valence-corrected chi connectivity index (χ4v) is 2.35. The predicted molar refractivity (Wildman–Crippen MR) is 73.5 cm³/mol. The molecule has 0 radical (unpaired) electrons. The highest BCUT2D eigenvalue weighted by Crippen LogP contribution is 2.24. The normalized spacial score (nSPS) is 24.5. The second kappa shape index (κ2) is 5.88. The van der Waals surface area contributed by atoms with Crippen LogP contribution in [0.2, 0.25) is 0 Å². The van der Waals surface area contributed by atoms with Gasteiger partial charge in [0.25, 0.3) is 0 Å². The number of rotatable bonds is 3. The number of hydrogen-bond acceptors (Lipinski definition) is 5. The zero-order chi connectivity index (χ0) is 13.8. The lowest BCUT2D eigenvalue weighted by molar-refractivity contribution is 0.0498. The number of nitrogens with zero attached hydrogens (tertiary/aromatic N) is 3. The molecule has 1 aromatic heterocycles. The van der Waals surface area contributed by atoms with Gasteiger partial charge in [-0.1, -0.05) is 12.1 Å². The number of ether oxygens (including phenoxy) is 1. The van der Waals surface area contributed by atoms with E-state index in [1.54, 1.807) is 19.4 Å².